The fourth-order valence-electron chi connectivity index (χ4n) is 4.51. The Bertz CT molecular complexity index is 1090. The molecule has 4 amide bonds. The maximum atomic E-state index is 13.4. The first kappa shape index (κ1) is 24.3. The maximum absolute atomic E-state index is 13.4. The third kappa shape index (κ3) is 5.65. The number of carbonyl (C=O) groups is 3. The van der Waals surface area contributed by atoms with Crippen molar-refractivity contribution in [2.24, 2.45) is 0 Å². The monoisotopic (exact) mass is 477 g/mol. The van der Waals surface area contributed by atoms with E-state index in [2.05, 4.69) is 11.4 Å². The van der Waals surface area contributed by atoms with Crippen LogP contribution >= 0.6 is 0 Å². The Morgan fingerprint density at radius 2 is 1.63 bits per heavy atom. The Labute approximate surface area is 205 Å². The van der Waals surface area contributed by atoms with Gasteiger partial charge in [0.25, 0.3) is 5.91 Å². The van der Waals surface area contributed by atoms with Crippen LogP contribution in [-0.2, 0) is 9.59 Å². The molecule has 0 saturated carbocycles. The highest BCUT2D eigenvalue weighted by Gasteiger charge is 2.46. The van der Waals surface area contributed by atoms with Crippen molar-refractivity contribution in [1.82, 2.24) is 4.90 Å². The largest absolute Gasteiger partial charge is 0.497 e. The summed E-state index contributed by atoms with van der Waals surface area (Å²) in [5.41, 5.74) is 2.36. The van der Waals surface area contributed by atoms with E-state index in [9.17, 15) is 14.4 Å². The second-order valence-corrected chi connectivity index (χ2v) is 8.70. The van der Waals surface area contributed by atoms with Crippen LogP contribution in [0.1, 0.15) is 38.5 Å². The lowest BCUT2D eigenvalue weighted by molar-refractivity contribution is -0.124. The molecule has 8 nitrogen and oxygen atoms in total. The minimum atomic E-state index is -0.868. The zero-order valence-corrected chi connectivity index (χ0v) is 20.2. The molecule has 2 aromatic carbocycles. The normalized spacial score (nSPS) is 17.9. The molecule has 1 N–H and O–H groups in total. The van der Waals surface area contributed by atoms with Crippen molar-refractivity contribution in [2.75, 3.05) is 31.0 Å². The van der Waals surface area contributed by atoms with Crippen LogP contribution in [-0.4, -0.2) is 49.6 Å². The molecule has 2 aromatic rings. The molecule has 1 atom stereocenters. The van der Waals surface area contributed by atoms with Crippen LogP contribution < -0.4 is 19.7 Å². The van der Waals surface area contributed by atoms with Crippen LogP contribution in [0.5, 0.6) is 11.5 Å². The Morgan fingerprint density at radius 3 is 2.23 bits per heavy atom. The van der Waals surface area contributed by atoms with E-state index in [1.165, 1.54) is 21.8 Å². The summed E-state index contributed by atoms with van der Waals surface area (Å²) in [6, 6.07) is 12.4. The molecule has 184 valence electrons. The minimum absolute atomic E-state index is 0.123. The van der Waals surface area contributed by atoms with E-state index in [0.717, 1.165) is 19.3 Å². The summed E-state index contributed by atoms with van der Waals surface area (Å²) >= 11 is 0. The number of allylic oxidation sites excluding steroid dienone is 1. The van der Waals surface area contributed by atoms with Gasteiger partial charge in [-0.05, 0) is 80.6 Å². The average Bonchev–Trinajstić information content (AvgIpc) is 3.12. The van der Waals surface area contributed by atoms with Gasteiger partial charge in [0.2, 0.25) is 5.91 Å². The quantitative estimate of drug-likeness (QED) is 0.416. The number of carbonyl (C=O) groups excluding carboxylic acids is 3. The highest BCUT2D eigenvalue weighted by atomic mass is 16.5. The summed E-state index contributed by atoms with van der Waals surface area (Å²) in [6.45, 7) is 0.392. The lowest BCUT2D eigenvalue weighted by atomic mass is 9.97. The fourth-order valence-corrected chi connectivity index (χ4v) is 4.51. The van der Waals surface area contributed by atoms with Crippen LogP contribution in [0.3, 0.4) is 0 Å². The van der Waals surface area contributed by atoms with Crippen molar-refractivity contribution in [2.45, 2.75) is 44.6 Å². The number of urea groups is 1. The van der Waals surface area contributed by atoms with Gasteiger partial charge in [-0.2, -0.15) is 0 Å². The predicted octanol–water partition coefficient (Wildman–Crippen LogP) is 4.76. The van der Waals surface area contributed by atoms with Gasteiger partial charge in [0, 0.05) is 12.2 Å². The molecule has 35 heavy (non-hydrogen) atoms. The third-order valence-corrected chi connectivity index (χ3v) is 6.46. The van der Waals surface area contributed by atoms with Crippen molar-refractivity contribution < 1.29 is 23.9 Å². The minimum Gasteiger partial charge on any atom is -0.497 e. The smallest absolute Gasteiger partial charge is 0.332 e. The number of hydrogen-bond donors (Lipinski definition) is 1. The summed E-state index contributed by atoms with van der Waals surface area (Å²) in [5, 5.41) is 2.82. The molecule has 0 bridgehead atoms. The van der Waals surface area contributed by atoms with Crippen LogP contribution in [0.2, 0.25) is 0 Å². The first-order chi connectivity index (χ1) is 17.0. The number of anilines is 2. The van der Waals surface area contributed by atoms with Gasteiger partial charge in [-0.15, -0.1) is 0 Å². The van der Waals surface area contributed by atoms with Crippen LogP contribution in [0.4, 0.5) is 16.2 Å². The number of methoxy groups -OCH3 is 2. The highest BCUT2D eigenvalue weighted by Crippen LogP contribution is 2.30. The number of nitrogens with one attached hydrogen (secondary N) is 1. The van der Waals surface area contributed by atoms with Crippen molar-refractivity contribution in [3.05, 3.63) is 60.2 Å². The zero-order valence-electron chi connectivity index (χ0n) is 20.2. The van der Waals surface area contributed by atoms with Gasteiger partial charge in [0.15, 0.2) is 0 Å². The second kappa shape index (κ2) is 11.1. The number of benzene rings is 2. The van der Waals surface area contributed by atoms with Gasteiger partial charge in [0.1, 0.15) is 17.5 Å². The molecule has 1 saturated heterocycles. The van der Waals surface area contributed by atoms with Crippen LogP contribution in [0.15, 0.2) is 60.2 Å². The van der Waals surface area contributed by atoms with Crippen LogP contribution in [0.25, 0.3) is 0 Å². The Kier molecular flexibility index (Phi) is 7.70. The van der Waals surface area contributed by atoms with Crippen molar-refractivity contribution in [3.8, 4) is 11.5 Å². The molecule has 8 heteroatoms. The van der Waals surface area contributed by atoms with E-state index >= 15 is 0 Å². The number of hydrogen-bond acceptors (Lipinski definition) is 5. The first-order valence-electron chi connectivity index (χ1n) is 11.9. The van der Waals surface area contributed by atoms with E-state index in [4.69, 9.17) is 9.47 Å². The predicted molar refractivity (Wildman–Crippen MR) is 134 cm³/mol. The van der Waals surface area contributed by atoms with Gasteiger partial charge in [-0.25, -0.2) is 9.69 Å². The topological polar surface area (TPSA) is 88.2 Å². The van der Waals surface area contributed by atoms with E-state index < -0.39 is 18.0 Å². The van der Waals surface area contributed by atoms with Gasteiger partial charge < -0.3 is 19.7 Å². The standard InChI is InChI=1S/C27H31N3O5/c1-34-22-12-8-20(9-13-22)28-25(31)18-24-26(32)30(21-10-14-23(35-2)15-11-21)27(33)29(24)17-16-19-6-4-3-5-7-19/h6,8-15,24H,3-5,7,16-18H2,1-2H3,(H,28,31)/t24-/m0/s1. The van der Waals surface area contributed by atoms with Gasteiger partial charge in [-0.3, -0.25) is 9.59 Å². The number of amides is 4. The molecular weight excluding hydrogens is 446 g/mol. The Morgan fingerprint density at radius 1 is 0.971 bits per heavy atom. The Balaban J connectivity index is 1.52. The molecule has 0 spiro atoms. The number of ether oxygens (including phenoxy) is 2. The second-order valence-electron chi connectivity index (χ2n) is 8.70. The molecule has 2 aliphatic rings. The molecule has 1 aliphatic carbocycles. The van der Waals surface area contributed by atoms with Crippen molar-refractivity contribution in [3.63, 3.8) is 0 Å². The summed E-state index contributed by atoms with van der Waals surface area (Å²) in [5.74, 6) is 0.574. The lowest BCUT2D eigenvalue weighted by Crippen LogP contribution is -2.38. The summed E-state index contributed by atoms with van der Waals surface area (Å²) in [7, 11) is 3.13. The van der Waals surface area contributed by atoms with E-state index in [-0.39, 0.29) is 12.3 Å². The number of imide groups is 1. The summed E-state index contributed by atoms with van der Waals surface area (Å²) in [4.78, 5) is 42.4. The van der Waals surface area contributed by atoms with E-state index in [1.807, 2.05) is 0 Å². The highest BCUT2D eigenvalue weighted by molar-refractivity contribution is 6.22. The maximum Gasteiger partial charge on any atom is 0.332 e. The Hall–Kier alpha value is -3.81. The van der Waals surface area contributed by atoms with Crippen LogP contribution in [0, 0.1) is 0 Å². The van der Waals surface area contributed by atoms with Crippen molar-refractivity contribution >= 4 is 29.2 Å². The average molecular weight is 478 g/mol. The molecule has 0 aromatic heterocycles. The zero-order chi connectivity index (χ0) is 24.8. The first-order valence-corrected chi connectivity index (χ1v) is 11.9. The number of nitrogens with zero attached hydrogens (tertiary/aromatic N) is 2. The van der Waals surface area contributed by atoms with E-state index in [0.29, 0.717) is 35.8 Å². The van der Waals surface area contributed by atoms with Gasteiger partial charge in [0.05, 0.1) is 26.3 Å². The lowest BCUT2D eigenvalue weighted by Gasteiger charge is -2.23. The molecule has 1 aliphatic heterocycles. The van der Waals surface area contributed by atoms with E-state index in [1.54, 1.807) is 62.8 Å². The third-order valence-electron chi connectivity index (χ3n) is 6.46. The molecule has 0 radical (unpaired) electrons. The molecule has 0 unspecified atom stereocenters. The molecule has 1 fully saturated rings. The van der Waals surface area contributed by atoms with Gasteiger partial charge in [-0.1, -0.05) is 11.6 Å². The molecule has 1 heterocycles. The fraction of sp³-hybridized carbons (Fsp3) is 0.370. The summed E-state index contributed by atoms with van der Waals surface area (Å²) in [6.07, 6.45) is 7.20. The number of rotatable bonds is 9. The van der Waals surface area contributed by atoms with Gasteiger partial charge >= 0.3 is 6.03 Å². The summed E-state index contributed by atoms with van der Waals surface area (Å²) < 4.78 is 10.3. The SMILES string of the molecule is COc1ccc(NC(=O)C[C@H]2C(=O)N(c3ccc(OC)cc3)C(=O)N2CCC2=CCCCC2)cc1. The molecule has 4 rings (SSSR count). The molecular formula is C27H31N3O5. The van der Waals surface area contributed by atoms with Crippen molar-refractivity contribution in [1.29, 1.82) is 0 Å².